The zero-order valence-corrected chi connectivity index (χ0v) is 14.9. The van der Waals surface area contributed by atoms with E-state index in [1.165, 1.54) is 0 Å². The number of benzene rings is 2. The first-order chi connectivity index (χ1) is 13.0. The predicted octanol–water partition coefficient (Wildman–Crippen LogP) is 3.48. The smallest absolute Gasteiger partial charge is 0.156 e. The summed E-state index contributed by atoms with van der Waals surface area (Å²) in [5.41, 5.74) is 1.88. The average Bonchev–Trinajstić information content (AvgIpc) is 2.66. The summed E-state index contributed by atoms with van der Waals surface area (Å²) < 4.78 is 0. The number of nitrogens with one attached hydrogen (secondary N) is 1. The maximum atomic E-state index is 9.95. The van der Waals surface area contributed by atoms with Gasteiger partial charge in [-0.25, -0.2) is 0 Å². The van der Waals surface area contributed by atoms with Crippen LogP contribution in [0.1, 0.15) is 30.9 Å². The first-order valence-electron chi connectivity index (χ1n) is 8.76. The number of hydrogen-bond acceptors (Lipinski definition) is 5. The quantitative estimate of drug-likeness (QED) is 0.704. The molecule has 0 saturated heterocycles. The number of nitriles is 1. The number of nitrogens with zero attached hydrogens (tertiary/aromatic N) is 3. The Morgan fingerprint density at radius 3 is 2.59 bits per heavy atom. The molecule has 4 rings (SSSR count). The van der Waals surface area contributed by atoms with Crippen LogP contribution < -0.4 is 5.32 Å². The summed E-state index contributed by atoms with van der Waals surface area (Å²) in [4.78, 5) is 0. The summed E-state index contributed by atoms with van der Waals surface area (Å²) in [5.74, 6) is 3.24. The molecule has 132 valence electrons. The number of anilines is 1. The third-order valence-electron chi connectivity index (χ3n) is 4.96. The van der Waals surface area contributed by atoms with Gasteiger partial charge < -0.3 is 10.4 Å². The van der Waals surface area contributed by atoms with Crippen molar-refractivity contribution in [3.05, 3.63) is 53.6 Å². The molecule has 1 heterocycles. The van der Waals surface area contributed by atoms with Crippen LogP contribution in [0.4, 0.5) is 5.82 Å². The molecule has 1 aliphatic rings. The number of terminal acetylenes is 1. The van der Waals surface area contributed by atoms with Crippen molar-refractivity contribution in [1.29, 1.82) is 5.26 Å². The van der Waals surface area contributed by atoms with Crippen LogP contribution in [0, 0.1) is 23.7 Å². The summed E-state index contributed by atoms with van der Waals surface area (Å²) in [6, 6.07) is 15.5. The lowest BCUT2D eigenvalue weighted by atomic mass is 9.77. The van der Waals surface area contributed by atoms with Gasteiger partial charge in [-0.3, -0.25) is 0 Å². The Bertz CT molecular complexity index is 1110. The molecule has 2 N–H and O–H groups in total. The minimum absolute atomic E-state index is 0.174. The summed E-state index contributed by atoms with van der Waals surface area (Å²) in [5, 5.41) is 33.5. The molecule has 1 fully saturated rings. The molecule has 1 aromatic heterocycles. The molecule has 5 heteroatoms. The molecule has 0 unspecified atom stereocenters. The van der Waals surface area contributed by atoms with Crippen molar-refractivity contribution >= 4 is 16.6 Å². The number of hydrogen-bond donors (Lipinski definition) is 2. The topological polar surface area (TPSA) is 81.8 Å². The van der Waals surface area contributed by atoms with E-state index in [0.29, 0.717) is 41.0 Å². The van der Waals surface area contributed by atoms with Gasteiger partial charge in [-0.05, 0) is 31.9 Å². The van der Waals surface area contributed by atoms with Crippen LogP contribution >= 0.6 is 0 Å². The highest BCUT2D eigenvalue weighted by Gasteiger charge is 2.38. The van der Waals surface area contributed by atoms with Gasteiger partial charge in [0.1, 0.15) is 5.69 Å². The van der Waals surface area contributed by atoms with Gasteiger partial charge in [-0.2, -0.15) is 5.26 Å². The minimum atomic E-state index is -0.610. The molecule has 0 atom stereocenters. The molecule has 1 aliphatic carbocycles. The lowest BCUT2D eigenvalue weighted by molar-refractivity contribution is -0.0235. The zero-order valence-electron chi connectivity index (χ0n) is 14.9. The second-order valence-corrected chi connectivity index (χ2v) is 7.21. The Kier molecular flexibility index (Phi) is 4.03. The molecular formula is C22H18N4O. The fourth-order valence-corrected chi connectivity index (χ4v) is 3.64. The van der Waals surface area contributed by atoms with Crippen molar-refractivity contribution in [3.63, 3.8) is 0 Å². The number of aromatic nitrogens is 2. The summed E-state index contributed by atoms with van der Waals surface area (Å²) >= 11 is 0. The van der Waals surface area contributed by atoms with Crippen LogP contribution in [-0.2, 0) is 0 Å². The third-order valence-corrected chi connectivity index (χ3v) is 4.96. The number of fused-ring (bicyclic) bond motifs is 1. The van der Waals surface area contributed by atoms with E-state index in [-0.39, 0.29) is 6.04 Å². The highest BCUT2D eigenvalue weighted by atomic mass is 16.3. The van der Waals surface area contributed by atoms with Crippen LogP contribution in [0.25, 0.3) is 22.0 Å². The summed E-state index contributed by atoms with van der Waals surface area (Å²) in [6.45, 7) is 1.83. The second kappa shape index (κ2) is 6.39. The van der Waals surface area contributed by atoms with Crippen molar-refractivity contribution in [1.82, 2.24) is 10.2 Å². The third kappa shape index (κ3) is 3.10. The van der Waals surface area contributed by atoms with Crippen LogP contribution in [0.3, 0.4) is 0 Å². The van der Waals surface area contributed by atoms with E-state index in [1.54, 1.807) is 12.1 Å². The highest BCUT2D eigenvalue weighted by molar-refractivity contribution is 6.00. The molecule has 0 spiro atoms. The molecule has 27 heavy (non-hydrogen) atoms. The van der Waals surface area contributed by atoms with Crippen LogP contribution in [0.15, 0.2) is 42.5 Å². The summed E-state index contributed by atoms with van der Waals surface area (Å²) in [6.07, 6.45) is 6.80. The highest BCUT2D eigenvalue weighted by Crippen LogP contribution is 2.36. The molecule has 0 bridgehead atoms. The Labute approximate surface area is 157 Å². The second-order valence-electron chi connectivity index (χ2n) is 7.21. The van der Waals surface area contributed by atoms with E-state index in [0.717, 1.165) is 10.8 Å². The van der Waals surface area contributed by atoms with E-state index < -0.39 is 5.60 Å². The van der Waals surface area contributed by atoms with E-state index in [4.69, 9.17) is 6.42 Å². The average molecular weight is 354 g/mol. The van der Waals surface area contributed by atoms with E-state index >= 15 is 0 Å². The lowest BCUT2D eigenvalue weighted by Crippen LogP contribution is -2.48. The molecule has 0 amide bonds. The number of rotatable bonds is 3. The first-order valence-corrected chi connectivity index (χ1v) is 8.76. The van der Waals surface area contributed by atoms with Gasteiger partial charge in [0.15, 0.2) is 5.82 Å². The van der Waals surface area contributed by atoms with E-state index in [1.807, 2.05) is 37.3 Å². The first kappa shape index (κ1) is 17.0. The van der Waals surface area contributed by atoms with Crippen molar-refractivity contribution in [2.75, 3.05) is 5.32 Å². The van der Waals surface area contributed by atoms with E-state index in [9.17, 15) is 10.4 Å². The molecule has 1 saturated carbocycles. The van der Waals surface area contributed by atoms with Gasteiger partial charge in [-0.15, -0.1) is 16.6 Å². The van der Waals surface area contributed by atoms with Crippen LogP contribution in [0.5, 0.6) is 0 Å². The van der Waals surface area contributed by atoms with Gasteiger partial charge in [0.2, 0.25) is 0 Å². The molecular weight excluding hydrogens is 336 g/mol. The van der Waals surface area contributed by atoms with Crippen molar-refractivity contribution < 1.29 is 5.11 Å². The number of aliphatic hydroxyl groups is 1. The largest absolute Gasteiger partial charge is 0.390 e. The SMILES string of the molecule is C#Cc1ccc(-c2nnc(NC3CC(C)(O)C3)c3ccccc23)c(C#N)c1. The van der Waals surface area contributed by atoms with Crippen molar-refractivity contribution in [2.24, 2.45) is 0 Å². The van der Waals surface area contributed by atoms with Gasteiger partial charge in [0.05, 0.1) is 17.2 Å². The Morgan fingerprint density at radius 2 is 1.93 bits per heavy atom. The maximum absolute atomic E-state index is 9.95. The van der Waals surface area contributed by atoms with Gasteiger partial charge >= 0.3 is 0 Å². The van der Waals surface area contributed by atoms with Crippen molar-refractivity contribution in [2.45, 2.75) is 31.4 Å². The normalized spacial score (nSPS) is 21.1. The van der Waals surface area contributed by atoms with E-state index in [2.05, 4.69) is 27.5 Å². The molecule has 3 aromatic rings. The molecule has 5 nitrogen and oxygen atoms in total. The van der Waals surface area contributed by atoms with Gasteiger partial charge in [0, 0.05) is 27.9 Å². The monoisotopic (exact) mass is 354 g/mol. The molecule has 2 aromatic carbocycles. The predicted molar refractivity (Wildman–Crippen MR) is 105 cm³/mol. The van der Waals surface area contributed by atoms with Gasteiger partial charge in [0.25, 0.3) is 0 Å². The Balaban J connectivity index is 1.80. The molecule has 0 radical (unpaired) electrons. The minimum Gasteiger partial charge on any atom is -0.390 e. The standard InChI is InChI=1S/C22H18N4O/c1-3-14-8-9-17(15(10-14)13-23)20-18-6-4-5-7-19(18)21(26-25-20)24-16-11-22(2,27)12-16/h1,4-10,16,27H,11-12H2,2H3,(H,24,26). The lowest BCUT2D eigenvalue weighted by Gasteiger charge is -2.41. The fraction of sp³-hybridized carbons (Fsp3) is 0.227. The summed E-state index contributed by atoms with van der Waals surface area (Å²) in [7, 11) is 0. The van der Waals surface area contributed by atoms with Crippen molar-refractivity contribution in [3.8, 4) is 29.7 Å². The Morgan fingerprint density at radius 1 is 1.19 bits per heavy atom. The molecule has 0 aliphatic heterocycles. The van der Waals surface area contributed by atoms with Gasteiger partial charge in [-0.1, -0.05) is 36.3 Å². The zero-order chi connectivity index (χ0) is 19.0. The maximum Gasteiger partial charge on any atom is 0.156 e. The fourth-order valence-electron chi connectivity index (χ4n) is 3.64. The van der Waals surface area contributed by atoms with Crippen LogP contribution in [0.2, 0.25) is 0 Å². The van der Waals surface area contributed by atoms with Crippen LogP contribution in [-0.4, -0.2) is 26.9 Å². The Hall–Kier alpha value is -3.41.